The van der Waals surface area contributed by atoms with E-state index in [4.69, 9.17) is 23.2 Å². The molecule has 0 radical (unpaired) electrons. The van der Waals surface area contributed by atoms with E-state index in [1.54, 1.807) is 38.2 Å². The molecule has 3 rings (SSSR count). The van der Waals surface area contributed by atoms with Crippen molar-refractivity contribution in [1.29, 1.82) is 0 Å². The Morgan fingerprint density at radius 2 is 2.03 bits per heavy atom. The fraction of sp³-hybridized carbons (Fsp3) is 0.200. The summed E-state index contributed by atoms with van der Waals surface area (Å²) < 4.78 is 13.7. The van der Waals surface area contributed by atoms with Crippen molar-refractivity contribution in [1.82, 2.24) is 20.3 Å². The van der Waals surface area contributed by atoms with Gasteiger partial charge in [-0.25, -0.2) is 9.37 Å². The Kier molecular flexibility index (Phi) is 6.30. The number of amides is 1. The summed E-state index contributed by atoms with van der Waals surface area (Å²) in [5.74, 6) is -0.729. The first-order valence-electron chi connectivity index (χ1n) is 8.71. The Morgan fingerprint density at radius 1 is 1.28 bits per heavy atom. The first kappa shape index (κ1) is 21.0. The number of halogens is 3. The first-order chi connectivity index (χ1) is 13.8. The molecule has 0 bridgehead atoms. The minimum atomic E-state index is -0.631. The molecule has 150 valence electrons. The van der Waals surface area contributed by atoms with Gasteiger partial charge in [-0.2, -0.15) is 0 Å². The quantitative estimate of drug-likeness (QED) is 0.593. The summed E-state index contributed by atoms with van der Waals surface area (Å²) in [5.41, 5.74) is 1.15. The maximum Gasteiger partial charge on any atom is 0.255 e. The third kappa shape index (κ3) is 4.81. The molecular weight excluding hydrogens is 418 g/mol. The first-order valence-corrected chi connectivity index (χ1v) is 9.47. The summed E-state index contributed by atoms with van der Waals surface area (Å²) in [4.78, 5) is 36.1. The molecule has 0 unspecified atom stereocenters. The molecule has 2 aromatic heterocycles. The van der Waals surface area contributed by atoms with Crippen molar-refractivity contribution in [2.75, 3.05) is 0 Å². The molecule has 0 aliphatic heterocycles. The molecule has 0 spiro atoms. The molecule has 1 amide bonds. The lowest BCUT2D eigenvalue weighted by atomic mass is 10.1. The second-order valence-electron chi connectivity index (χ2n) is 6.45. The van der Waals surface area contributed by atoms with Crippen LogP contribution < -0.4 is 10.9 Å². The van der Waals surface area contributed by atoms with E-state index in [9.17, 15) is 14.0 Å². The van der Waals surface area contributed by atoms with Crippen molar-refractivity contribution in [2.24, 2.45) is 0 Å². The third-order valence-electron chi connectivity index (χ3n) is 4.35. The Labute approximate surface area is 176 Å². The van der Waals surface area contributed by atoms with Crippen LogP contribution in [0.15, 0.2) is 41.3 Å². The average molecular weight is 435 g/mol. The van der Waals surface area contributed by atoms with Gasteiger partial charge < -0.3 is 10.3 Å². The van der Waals surface area contributed by atoms with E-state index >= 15 is 0 Å². The zero-order valence-corrected chi connectivity index (χ0v) is 17.1. The van der Waals surface area contributed by atoms with Crippen LogP contribution in [-0.4, -0.2) is 20.9 Å². The molecule has 2 heterocycles. The van der Waals surface area contributed by atoms with Gasteiger partial charge in [-0.1, -0.05) is 29.3 Å². The van der Waals surface area contributed by atoms with Gasteiger partial charge in [0.25, 0.3) is 5.56 Å². The molecule has 9 heteroatoms. The molecule has 0 aliphatic carbocycles. The highest BCUT2D eigenvalue weighted by molar-refractivity contribution is 6.35. The number of benzene rings is 1. The van der Waals surface area contributed by atoms with Crippen LogP contribution in [0, 0.1) is 12.7 Å². The van der Waals surface area contributed by atoms with E-state index in [2.05, 4.69) is 20.3 Å². The second kappa shape index (κ2) is 8.71. The molecular formula is C20H17Cl2FN4O2. The SMILES string of the molecule is Cc1nc(-c2ccccn2)[nH]c(=O)c1CC(=O)N[C@@H](C)c1cc(F)c(Cl)cc1Cl. The van der Waals surface area contributed by atoms with Crippen molar-refractivity contribution < 1.29 is 9.18 Å². The minimum absolute atomic E-state index is 0.0986. The number of aromatic amines is 1. The normalized spacial score (nSPS) is 11.9. The number of carbonyl (C=O) groups excluding carboxylic acids is 1. The van der Waals surface area contributed by atoms with Gasteiger partial charge in [-0.05, 0) is 43.7 Å². The van der Waals surface area contributed by atoms with Crippen LogP contribution in [0.1, 0.15) is 29.8 Å². The number of hydrogen-bond donors (Lipinski definition) is 2. The predicted molar refractivity (Wildman–Crippen MR) is 110 cm³/mol. The average Bonchev–Trinajstić information content (AvgIpc) is 2.68. The number of pyridine rings is 1. The molecule has 0 fully saturated rings. The summed E-state index contributed by atoms with van der Waals surface area (Å²) in [6.45, 7) is 3.31. The van der Waals surface area contributed by atoms with Crippen LogP contribution in [0.4, 0.5) is 4.39 Å². The Bertz CT molecular complexity index is 1120. The van der Waals surface area contributed by atoms with Gasteiger partial charge in [0.2, 0.25) is 5.91 Å². The van der Waals surface area contributed by atoms with Crippen LogP contribution in [0.25, 0.3) is 11.5 Å². The van der Waals surface area contributed by atoms with E-state index in [0.717, 1.165) is 0 Å². The minimum Gasteiger partial charge on any atom is -0.349 e. The van der Waals surface area contributed by atoms with E-state index in [1.807, 2.05) is 0 Å². The van der Waals surface area contributed by atoms with Gasteiger partial charge in [-0.15, -0.1) is 0 Å². The lowest BCUT2D eigenvalue weighted by Crippen LogP contribution is -2.31. The van der Waals surface area contributed by atoms with Gasteiger partial charge in [0.05, 0.1) is 17.5 Å². The summed E-state index contributed by atoms with van der Waals surface area (Å²) in [6, 6.07) is 7.14. The number of carbonyl (C=O) groups is 1. The van der Waals surface area contributed by atoms with Crippen molar-refractivity contribution >= 4 is 29.1 Å². The van der Waals surface area contributed by atoms with E-state index in [0.29, 0.717) is 22.8 Å². The number of nitrogens with zero attached hydrogens (tertiary/aromatic N) is 2. The van der Waals surface area contributed by atoms with Gasteiger partial charge in [-0.3, -0.25) is 14.6 Å². The van der Waals surface area contributed by atoms with Crippen molar-refractivity contribution in [3.8, 4) is 11.5 Å². The van der Waals surface area contributed by atoms with E-state index in [-0.39, 0.29) is 22.0 Å². The van der Waals surface area contributed by atoms with E-state index < -0.39 is 23.3 Å². The molecule has 6 nitrogen and oxygen atoms in total. The molecule has 1 atom stereocenters. The van der Waals surface area contributed by atoms with Crippen LogP contribution in [0.2, 0.25) is 10.0 Å². The fourth-order valence-corrected chi connectivity index (χ4v) is 3.39. The second-order valence-corrected chi connectivity index (χ2v) is 7.26. The number of aromatic nitrogens is 3. The summed E-state index contributed by atoms with van der Waals surface area (Å²) in [5, 5.41) is 2.84. The molecule has 0 aliphatic rings. The predicted octanol–water partition coefficient (Wildman–Crippen LogP) is 4.01. The monoisotopic (exact) mass is 434 g/mol. The zero-order valence-electron chi connectivity index (χ0n) is 15.6. The van der Waals surface area contributed by atoms with Gasteiger partial charge in [0, 0.05) is 22.5 Å². The molecule has 29 heavy (non-hydrogen) atoms. The standard InChI is InChI=1S/C20H17Cl2FN4O2/c1-10(12-7-16(23)15(22)9-14(12)21)25-18(28)8-13-11(2)26-19(27-20(13)29)17-5-3-4-6-24-17/h3-7,9-10H,8H2,1-2H3,(H,25,28)(H,26,27,29)/t10-/m0/s1. The zero-order chi connectivity index (χ0) is 21.1. The Morgan fingerprint density at radius 3 is 2.69 bits per heavy atom. The number of H-pyrrole nitrogens is 1. The van der Waals surface area contributed by atoms with Crippen LogP contribution in [0.5, 0.6) is 0 Å². The lowest BCUT2D eigenvalue weighted by Gasteiger charge is -2.16. The Hall–Kier alpha value is -2.77. The topological polar surface area (TPSA) is 87.7 Å². The smallest absolute Gasteiger partial charge is 0.255 e. The maximum atomic E-state index is 13.7. The van der Waals surface area contributed by atoms with Crippen molar-refractivity contribution in [2.45, 2.75) is 26.3 Å². The van der Waals surface area contributed by atoms with E-state index in [1.165, 1.54) is 12.1 Å². The molecule has 1 aromatic carbocycles. The summed E-state index contributed by atoms with van der Waals surface area (Å²) in [7, 11) is 0. The lowest BCUT2D eigenvalue weighted by molar-refractivity contribution is -0.121. The number of aryl methyl sites for hydroxylation is 1. The van der Waals surface area contributed by atoms with Gasteiger partial charge >= 0.3 is 0 Å². The third-order valence-corrected chi connectivity index (χ3v) is 4.97. The molecule has 2 N–H and O–H groups in total. The highest BCUT2D eigenvalue weighted by Gasteiger charge is 2.18. The number of hydrogen-bond acceptors (Lipinski definition) is 4. The Balaban J connectivity index is 1.77. The molecule has 3 aromatic rings. The highest BCUT2D eigenvalue weighted by Crippen LogP contribution is 2.28. The summed E-state index contributed by atoms with van der Waals surface area (Å²) >= 11 is 11.8. The van der Waals surface area contributed by atoms with Crippen LogP contribution >= 0.6 is 23.2 Å². The maximum absolute atomic E-state index is 13.7. The molecule has 0 saturated carbocycles. The summed E-state index contributed by atoms with van der Waals surface area (Å²) in [6.07, 6.45) is 1.41. The number of rotatable bonds is 5. The van der Waals surface area contributed by atoms with Gasteiger partial charge in [0.1, 0.15) is 11.5 Å². The molecule has 0 saturated heterocycles. The largest absolute Gasteiger partial charge is 0.349 e. The fourth-order valence-electron chi connectivity index (χ4n) is 2.84. The number of nitrogens with one attached hydrogen (secondary N) is 2. The van der Waals surface area contributed by atoms with Crippen molar-refractivity contribution in [3.05, 3.63) is 79.6 Å². The highest BCUT2D eigenvalue weighted by atomic mass is 35.5. The van der Waals surface area contributed by atoms with Gasteiger partial charge in [0.15, 0.2) is 5.82 Å². The van der Waals surface area contributed by atoms with Crippen LogP contribution in [0.3, 0.4) is 0 Å². The van der Waals surface area contributed by atoms with Crippen molar-refractivity contribution in [3.63, 3.8) is 0 Å². The van der Waals surface area contributed by atoms with Crippen LogP contribution in [-0.2, 0) is 11.2 Å².